The van der Waals surface area contributed by atoms with E-state index in [1.54, 1.807) is 4.40 Å². The van der Waals surface area contributed by atoms with Gasteiger partial charge in [-0.1, -0.05) is 29.5 Å². The van der Waals surface area contributed by atoms with Crippen molar-refractivity contribution >= 4 is 35.0 Å². The van der Waals surface area contributed by atoms with Crippen molar-refractivity contribution in [1.29, 1.82) is 0 Å². The van der Waals surface area contributed by atoms with Crippen molar-refractivity contribution in [2.24, 2.45) is 0 Å². The van der Waals surface area contributed by atoms with Crippen LogP contribution in [0, 0.1) is 34.6 Å². The Morgan fingerprint density at radius 2 is 1.69 bits per heavy atom. The number of aryl methyl sites for hydroxylation is 5. The van der Waals surface area contributed by atoms with E-state index in [0.29, 0.717) is 10.9 Å². The minimum Gasteiger partial charge on any atom is -0.346 e. The second kappa shape index (κ2) is 8.60. The lowest BCUT2D eigenvalue weighted by atomic mass is 10.1. The number of fused-ring (bicyclic) bond motifs is 1. The van der Waals surface area contributed by atoms with Crippen LogP contribution in [-0.4, -0.2) is 43.7 Å². The number of hydrogen-bond acceptors (Lipinski definition) is 6. The highest BCUT2D eigenvalue weighted by Gasteiger charge is 2.14. The topological polar surface area (TPSA) is 101 Å². The molecular weight excluding hydrogens is 388 g/mol. The molecule has 0 aliphatic carbocycles. The Morgan fingerprint density at radius 1 is 1.00 bits per heavy atom. The van der Waals surface area contributed by atoms with Gasteiger partial charge in [-0.25, -0.2) is 4.98 Å². The molecule has 0 aliphatic heterocycles. The summed E-state index contributed by atoms with van der Waals surface area (Å²) in [6.07, 6.45) is 0. The van der Waals surface area contributed by atoms with Gasteiger partial charge in [0, 0.05) is 17.1 Å². The van der Waals surface area contributed by atoms with Crippen molar-refractivity contribution in [2.75, 3.05) is 17.6 Å². The lowest BCUT2D eigenvalue weighted by Crippen LogP contribution is -2.34. The highest BCUT2D eigenvalue weighted by molar-refractivity contribution is 7.99. The fraction of sp³-hybridized carbons (Fsp3) is 0.350. The number of nitrogens with zero attached hydrogens (tertiary/aromatic N) is 4. The third-order valence-electron chi connectivity index (χ3n) is 4.38. The maximum atomic E-state index is 12.2. The molecule has 1 aromatic carbocycles. The molecule has 0 aliphatic rings. The number of amides is 2. The molecule has 0 saturated carbocycles. The number of rotatable bonds is 6. The van der Waals surface area contributed by atoms with Crippen LogP contribution in [0.4, 0.5) is 5.69 Å². The van der Waals surface area contributed by atoms with Gasteiger partial charge in [0.05, 0.1) is 12.3 Å². The van der Waals surface area contributed by atoms with Crippen molar-refractivity contribution in [1.82, 2.24) is 24.9 Å². The summed E-state index contributed by atoms with van der Waals surface area (Å²) in [5.41, 5.74) is 5.74. The summed E-state index contributed by atoms with van der Waals surface area (Å²) in [5, 5.41) is 14.3. The van der Waals surface area contributed by atoms with Crippen LogP contribution < -0.4 is 10.6 Å². The number of nitrogens with one attached hydrogen (secondary N) is 2. The van der Waals surface area contributed by atoms with Crippen LogP contribution in [0.5, 0.6) is 0 Å². The van der Waals surface area contributed by atoms with E-state index in [4.69, 9.17) is 0 Å². The van der Waals surface area contributed by atoms with Crippen molar-refractivity contribution < 1.29 is 9.59 Å². The molecule has 0 radical (unpaired) electrons. The van der Waals surface area contributed by atoms with E-state index >= 15 is 0 Å². The first kappa shape index (κ1) is 20.8. The molecule has 8 nitrogen and oxygen atoms in total. The molecule has 0 saturated heterocycles. The zero-order chi connectivity index (χ0) is 21.1. The number of anilines is 1. The lowest BCUT2D eigenvalue weighted by molar-refractivity contribution is -0.122. The second-order valence-electron chi connectivity index (χ2n) is 7.04. The Hall–Kier alpha value is -2.94. The molecule has 0 atom stereocenters. The fourth-order valence-corrected chi connectivity index (χ4v) is 4.03. The van der Waals surface area contributed by atoms with Gasteiger partial charge in [-0.15, -0.1) is 10.2 Å². The van der Waals surface area contributed by atoms with E-state index in [0.717, 1.165) is 33.8 Å². The zero-order valence-corrected chi connectivity index (χ0v) is 18.0. The summed E-state index contributed by atoms with van der Waals surface area (Å²) in [4.78, 5) is 28.7. The minimum atomic E-state index is -0.262. The third-order valence-corrected chi connectivity index (χ3v) is 5.31. The number of hydrogen-bond donors (Lipinski definition) is 2. The molecule has 3 rings (SSSR count). The van der Waals surface area contributed by atoms with E-state index in [1.165, 1.54) is 11.8 Å². The van der Waals surface area contributed by atoms with Crippen LogP contribution in [0.3, 0.4) is 0 Å². The van der Waals surface area contributed by atoms with Crippen LogP contribution in [0.25, 0.3) is 5.78 Å². The summed E-state index contributed by atoms with van der Waals surface area (Å²) in [6.45, 7) is 9.66. The number of carbonyl (C=O) groups is 2. The third kappa shape index (κ3) is 4.92. The first-order chi connectivity index (χ1) is 13.7. The largest absolute Gasteiger partial charge is 0.346 e. The molecule has 29 heavy (non-hydrogen) atoms. The molecule has 9 heteroatoms. The Bertz CT molecular complexity index is 1070. The van der Waals surface area contributed by atoms with E-state index < -0.39 is 0 Å². The number of carbonyl (C=O) groups excluding carboxylic acids is 2. The Morgan fingerprint density at radius 3 is 2.38 bits per heavy atom. The first-order valence-corrected chi connectivity index (χ1v) is 10.2. The highest BCUT2D eigenvalue weighted by Crippen LogP contribution is 2.22. The van der Waals surface area contributed by atoms with Crippen LogP contribution in [0.15, 0.2) is 23.4 Å². The molecule has 0 spiro atoms. The molecule has 0 unspecified atom stereocenters. The molecule has 0 bridgehead atoms. The van der Waals surface area contributed by atoms with Crippen LogP contribution in [0.2, 0.25) is 0 Å². The van der Waals surface area contributed by atoms with Crippen molar-refractivity contribution in [3.63, 3.8) is 0 Å². The van der Waals surface area contributed by atoms with E-state index in [1.807, 2.05) is 52.8 Å². The molecule has 0 fully saturated rings. The number of thioether (sulfide) groups is 1. The normalized spacial score (nSPS) is 10.9. The number of aromatic nitrogens is 4. The monoisotopic (exact) mass is 412 g/mol. The van der Waals surface area contributed by atoms with Crippen LogP contribution in [0.1, 0.15) is 28.1 Å². The number of benzene rings is 1. The molecule has 2 amide bonds. The molecule has 152 valence electrons. The molecule has 3 aromatic rings. The van der Waals surface area contributed by atoms with Crippen molar-refractivity contribution in [3.05, 3.63) is 46.3 Å². The SMILES string of the molecule is Cc1cc(C)c(NC(=O)CNC(=O)CSc2nnc3nc(C)cc(C)n23)c(C)c1. The van der Waals surface area contributed by atoms with E-state index in [-0.39, 0.29) is 24.1 Å². The van der Waals surface area contributed by atoms with Gasteiger partial charge >= 0.3 is 0 Å². The van der Waals surface area contributed by atoms with Gasteiger partial charge in [0.1, 0.15) is 0 Å². The highest BCUT2D eigenvalue weighted by atomic mass is 32.2. The smallest absolute Gasteiger partial charge is 0.256 e. The lowest BCUT2D eigenvalue weighted by Gasteiger charge is -2.13. The van der Waals surface area contributed by atoms with Gasteiger partial charge in [-0.2, -0.15) is 0 Å². The maximum Gasteiger partial charge on any atom is 0.256 e. The predicted octanol–water partition coefficient (Wildman–Crippen LogP) is 2.51. The van der Waals surface area contributed by atoms with Gasteiger partial charge in [0.2, 0.25) is 11.8 Å². The molecule has 2 aromatic heterocycles. The average Bonchev–Trinajstić information content (AvgIpc) is 3.04. The maximum absolute atomic E-state index is 12.2. The molecular formula is C20H24N6O2S. The Kier molecular flexibility index (Phi) is 6.17. The van der Waals surface area contributed by atoms with Gasteiger partial charge in [0.15, 0.2) is 5.16 Å². The standard InChI is InChI=1S/C20H24N6O2S/c1-11-6-12(2)18(13(3)7-11)23-16(27)9-21-17(28)10-29-20-25-24-19-22-14(4)8-15(5)26(19)20/h6-8H,9-10H2,1-5H3,(H,21,28)(H,23,27). The summed E-state index contributed by atoms with van der Waals surface area (Å²) in [5.74, 6) is 0.122. The van der Waals surface area contributed by atoms with Gasteiger partial charge < -0.3 is 10.6 Å². The summed E-state index contributed by atoms with van der Waals surface area (Å²) in [6, 6.07) is 5.96. The zero-order valence-electron chi connectivity index (χ0n) is 17.2. The van der Waals surface area contributed by atoms with Crippen LogP contribution in [-0.2, 0) is 9.59 Å². The first-order valence-electron chi connectivity index (χ1n) is 9.21. The summed E-state index contributed by atoms with van der Waals surface area (Å²) < 4.78 is 1.81. The summed E-state index contributed by atoms with van der Waals surface area (Å²) in [7, 11) is 0. The average molecular weight is 413 g/mol. The second-order valence-corrected chi connectivity index (χ2v) is 7.99. The van der Waals surface area contributed by atoms with Crippen molar-refractivity contribution in [2.45, 2.75) is 39.8 Å². The quantitative estimate of drug-likeness (QED) is 0.603. The minimum absolute atomic E-state index is 0.0908. The molecule has 2 N–H and O–H groups in total. The van der Waals surface area contributed by atoms with E-state index in [2.05, 4.69) is 25.8 Å². The molecule has 2 heterocycles. The Labute approximate surface area is 173 Å². The van der Waals surface area contributed by atoms with Gasteiger partial charge in [0.25, 0.3) is 5.78 Å². The van der Waals surface area contributed by atoms with Crippen LogP contribution >= 0.6 is 11.8 Å². The van der Waals surface area contributed by atoms with Crippen molar-refractivity contribution in [3.8, 4) is 0 Å². The predicted molar refractivity (Wildman–Crippen MR) is 113 cm³/mol. The van der Waals surface area contributed by atoms with Gasteiger partial charge in [-0.05, 0) is 51.8 Å². The van der Waals surface area contributed by atoms with E-state index in [9.17, 15) is 9.59 Å². The Balaban J connectivity index is 1.54. The fourth-order valence-electron chi connectivity index (χ4n) is 3.21. The summed E-state index contributed by atoms with van der Waals surface area (Å²) >= 11 is 1.25. The van der Waals surface area contributed by atoms with Gasteiger partial charge in [-0.3, -0.25) is 14.0 Å².